The predicted molar refractivity (Wildman–Crippen MR) is 48.4 cm³/mol. The quantitative estimate of drug-likeness (QED) is 0.643. The van der Waals surface area contributed by atoms with Gasteiger partial charge in [-0.1, -0.05) is 18.2 Å². The average molecular weight is 176 g/mol. The molecule has 10 heavy (non-hydrogen) atoms. The molecular weight excluding hydrogens is 166 g/mol. The van der Waals surface area contributed by atoms with Gasteiger partial charge in [0.05, 0.1) is 0 Å². The molecule has 0 aliphatic carbocycles. The van der Waals surface area contributed by atoms with E-state index in [-0.39, 0.29) is 9.90 Å². The van der Waals surface area contributed by atoms with Crippen LogP contribution in [0.25, 0.3) is 0 Å². The van der Waals surface area contributed by atoms with Gasteiger partial charge in [-0.15, -0.1) is 0 Å². The largest absolute Gasteiger partial charge is 0.343 e. The summed E-state index contributed by atoms with van der Waals surface area (Å²) in [4.78, 5) is 8.57. The Morgan fingerprint density at radius 1 is 1.20 bits per heavy atom. The highest BCUT2D eigenvalue weighted by atomic mass is 31.1. The Morgan fingerprint density at radius 3 is 2.00 bits per heavy atom. The van der Waals surface area contributed by atoms with Crippen molar-refractivity contribution in [2.24, 2.45) is 0 Å². The molecule has 1 aromatic rings. The number of hydrogen-bond acceptors (Lipinski definition) is 1. The third-order valence-corrected chi connectivity index (χ3v) is 1.85. The lowest BCUT2D eigenvalue weighted by Gasteiger charge is -1.90. The van der Waals surface area contributed by atoms with Crippen molar-refractivity contribution in [2.75, 3.05) is 0 Å². The van der Waals surface area contributed by atoms with Gasteiger partial charge in [-0.3, -0.25) is 4.57 Å². The normalized spacial score (nSPS) is 11.7. The molecule has 0 heterocycles. The highest BCUT2D eigenvalue weighted by molar-refractivity contribution is 7.47. The van der Waals surface area contributed by atoms with Gasteiger partial charge in [-0.05, 0) is 12.1 Å². The topological polar surface area (TPSA) is 37.3 Å². The molecule has 0 aromatic heterocycles. The second-order valence-electron chi connectivity index (χ2n) is 1.67. The highest BCUT2D eigenvalue weighted by Crippen LogP contribution is 2.10. The Bertz CT molecular complexity index is 210. The molecule has 1 rings (SSSR count). The van der Waals surface area contributed by atoms with E-state index < -0.39 is 8.03 Å². The summed E-state index contributed by atoms with van der Waals surface area (Å²) in [5.74, 6) is 0. The summed E-state index contributed by atoms with van der Waals surface area (Å²) in [5, 5.41) is 0.516. The van der Waals surface area contributed by atoms with E-state index in [0.717, 1.165) is 0 Å². The van der Waals surface area contributed by atoms with Crippen LogP contribution in [0.2, 0.25) is 0 Å². The van der Waals surface area contributed by atoms with E-state index in [1.807, 2.05) is 6.07 Å². The van der Waals surface area contributed by atoms with Crippen molar-refractivity contribution in [3.8, 4) is 0 Å². The fourth-order valence-electron chi connectivity index (χ4n) is 0.581. The molecule has 0 saturated heterocycles. The van der Waals surface area contributed by atoms with E-state index in [0.29, 0.717) is 5.30 Å². The van der Waals surface area contributed by atoms with Crippen LogP contribution < -0.4 is 5.30 Å². The summed E-state index contributed by atoms with van der Waals surface area (Å²) < 4.78 is 10.4. The van der Waals surface area contributed by atoms with Gasteiger partial charge in [0.1, 0.15) is 0 Å². The van der Waals surface area contributed by atoms with Gasteiger partial charge in [-0.2, -0.15) is 9.90 Å². The standard InChI is InChI=1S/C6H7O2P.H3P/c7-9(8)6-4-2-1-3-5-6;/h1-5,9H,(H,7,8);1H3. The van der Waals surface area contributed by atoms with Gasteiger partial charge in [0.2, 0.25) is 8.03 Å². The van der Waals surface area contributed by atoms with Crippen LogP contribution in [0.5, 0.6) is 0 Å². The average Bonchev–Trinajstić information content (AvgIpc) is 1.90. The maximum Gasteiger partial charge on any atom is 0.218 e. The molecule has 1 N–H and O–H groups in total. The maximum atomic E-state index is 10.4. The number of rotatable bonds is 1. The zero-order valence-corrected chi connectivity index (χ0v) is 7.86. The summed E-state index contributed by atoms with van der Waals surface area (Å²) in [6.45, 7) is 0. The SMILES string of the molecule is O=[PH](O)c1ccccc1.P. The number of hydrogen-bond donors (Lipinski definition) is 1. The zero-order valence-electron chi connectivity index (χ0n) is 5.45. The monoisotopic (exact) mass is 176 g/mol. The summed E-state index contributed by atoms with van der Waals surface area (Å²) >= 11 is 0. The first kappa shape index (κ1) is 9.84. The molecule has 0 fully saturated rings. The first-order chi connectivity index (χ1) is 4.30. The van der Waals surface area contributed by atoms with Gasteiger partial charge < -0.3 is 4.89 Å². The molecule has 0 saturated carbocycles. The van der Waals surface area contributed by atoms with Gasteiger partial charge in [0, 0.05) is 5.30 Å². The molecule has 0 aliphatic rings. The molecule has 4 heteroatoms. The van der Waals surface area contributed by atoms with Crippen molar-refractivity contribution < 1.29 is 9.46 Å². The Balaban J connectivity index is 0.000000810. The lowest BCUT2D eigenvalue weighted by atomic mass is 10.4. The minimum Gasteiger partial charge on any atom is -0.343 e. The summed E-state index contributed by atoms with van der Waals surface area (Å²) in [7, 11) is -2.46. The van der Waals surface area contributed by atoms with Crippen molar-refractivity contribution in [1.82, 2.24) is 0 Å². The van der Waals surface area contributed by atoms with E-state index in [1.54, 1.807) is 24.3 Å². The van der Waals surface area contributed by atoms with Gasteiger partial charge in [-0.25, -0.2) is 0 Å². The van der Waals surface area contributed by atoms with Crippen LogP contribution in [-0.2, 0) is 4.57 Å². The van der Waals surface area contributed by atoms with Crippen molar-refractivity contribution >= 4 is 23.2 Å². The summed E-state index contributed by atoms with van der Waals surface area (Å²) in [6, 6.07) is 8.58. The third-order valence-electron chi connectivity index (χ3n) is 1.02. The lowest BCUT2D eigenvalue weighted by Crippen LogP contribution is -1.91. The zero-order chi connectivity index (χ0) is 6.69. The van der Waals surface area contributed by atoms with Gasteiger partial charge in [0.25, 0.3) is 0 Å². The summed E-state index contributed by atoms with van der Waals surface area (Å²) in [5.41, 5.74) is 0. The smallest absolute Gasteiger partial charge is 0.218 e. The molecule has 1 aromatic carbocycles. The molecule has 56 valence electrons. The van der Waals surface area contributed by atoms with Crippen LogP contribution in [0.1, 0.15) is 0 Å². The molecule has 2 nitrogen and oxygen atoms in total. The lowest BCUT2D eigenvalue weighted by molar-refractivity contribution is 0.513. The van der Waals surface area contributed by atoms with E-state index in [2.05, 4.69) is 0 Å². The van der Waals surface area contributed by atoms with Crippen molar-refractivity contribution in [3.05, 3.63) is 30.3 Å². The van der Waals surface area contributed by atoms with Crippen LogP contribution in [0.3, 0.4) is 0 Å². The maximum absolute atomic E-state index is 10.4. The first-order valence-electron chi connectivity index (χ1n) is 2.59. The van der Waals surface area contributed by atoms with Gasteiger partial charge >= 0.3 is 0 Å². The predicted octanol–water partition coefficient (Wildman–Crippen LogP) is 0.837. The van der Waals surface area contributed by atoms with Crippen LogP contribution in [0.4, 0.5) is 0 Å². The second-order valence-corrected chi connectivity index (χ2v) is 2.86. The number of benzene rings is 1. The van der Waals surface area contributed by atoms with Crippen molar-refractivity contribution in [1.29, 1.82) is 0 Å². The molecular formula is C6H10O2P2. The minimum atomic E-state index is -2.46. The molecule has 0 aliphatic heterocycles. The fraction of sp³-hybridized carbons (Fsp3) is 0. The van der Waals surface area contributed by atoms with Gasteiger partial charge in [0.15, 0.2) is 0 Å². The van der Waals surface area contributed by atoms with Crippen LogP contribution in [-0.4, -0.2) is 4.89 Å². The van der Waals surface area contributed by atoms with Crippen LogP contribution >= 0.6 is 17.9 Å². The fourth-order valence-corrected chi connectivity index (χ4v) is 1.06. The molecule has 0 spiro atoms. The highest BCUT2D eigenvalue weighted by Gasteiger charge is 1.92. The van der Waals surface area contributed by atoms with Crippen molar-refractivity contribution in [2.45, 2.75) is 0 Å². The summed E-state index contributed by atoms with van der Waals surface area (Å²) in [6.07, 6.45) is 0. The Hall–Kier alpha value is -0.160. The molecule has 2 atom stereocenters. The minimum absolute atomic E-state index is 0. The first-order valence-corrected chi connectivity index (χ1v) is 3.94. The van der Waals surface area contributed by atoms with Crippen LogP contribution in [0, 0.1) is 0 Å². The Morgan fingerprint density at radius 2 is 1.70 bits per heavy atom. The van der Waals surface area contributed by atoms with E-state index >= 15 is 0 Å². The molecule has 0 bridgehead atoms. The Kier molecular flexibility index (Phi) is 4.55. The third kappa shape index (κ3) is 2.62. The second kappa shape index (κ2) is 4.62. The van der Waals surface area contributed by atoms with E-state index in [9.17, 15) is 4.57 Å². The van der Waals surface area contributed by atoms with Crippen LogP contribution in [0.15, 0.2) is 30.3 Å². The van der Waals surface area contributed by atoms with E-state index in [4.69, 9.17) is 4.89 Å². The molecule has 0 radical (unpaired) electrons. The molecule has 2 unspecified atom stereocenters. The Labute approximate surface area is 63.8 Å². The van der Waals surface area contributed by atoms with Crippen molar-refractivity contribution in [3.63, 3.8) is 0 Å². The van der Waals surface area contributed by atoms with E-state index in [1.165, 1.54) is 0 Å². The molecule has 0 amide bonds.